The lowest BCUT2D eigenvalue weighted by atomic mass is 9.71. The van der Waals surface area contributed by atoms with Crippen LogP contribution in [0.25, 0.3) is 11.5 Å². The van der Waals surface area contributed by atoms with Crippen LogP contribution in [0.1, 0.15) is 114 Å². The highest BCUT2D eigenvalue weighted by Crippen LogP contribution is 2.40. The van der Waals surface area contributed by atoms with E-state index in [0.717, 1.165) is 54.6 Å². The Balaban J connectivity index is 0.00000225. The number of likely N-dealkylation sites (N-methyl/N-ethyl adjacent to an activating group) is 1. The molecular formula is C46H69N7O5S. The minimum Gasteiger partial charge on any atom is -0.487 e. The molecule has 13 heteroatoms. The third-order valence-corrected chi connectivity index (χ3v) is 10.5. The molecule has 0 bridgehead atoms. The molecule has 0 spiro atoms. The number of thiazole rings is 1. The summed E-state index contributed by atoms with van der Waals surface area (Å²) in [7, 11) is 2.18. The first-order valence-corrected chi connectivity index (χ1v) is 21.6. The summed E-state index contributed by atoms with van der Waals surface area (Å²) in [5.74, 6) is 0.961. The molecule has 1 aliphatic rings. The lowest BCUT2D eigenvalue weighted by molar-refractivity contribution is 0.0357. The van der Waals surface area contributed by atoms with Crippen molar-refractivity contribution in [2.45, 2.75) is 133 Å². The van der Waals surface area contributed by atoms with E-state index in [1.54, 1.807) is 41.5 Å². The highest BCUT2D eigenvalue weighted by Gasteiger charge is 2.41. The van der Waals surface area contributed by atoms with E-state index >= 15 is 0 Å². The van der Waals surface area contributed by atoms with Gasteiger partial charge in [0.1, 0.15) is 28.2 Å². The number of hydrogen-bond acceptors (Lipinski definition) is 12. The van der Waals surface area contributed by atoms with Crippen LogP contribution in [-0.2, 0) is 21.4 Å². The Hall–Kier alpha value is -4.59. The summed E-state index contributed by atoms with van der Waals surface area (Å²) in [4.78, 5) is 45.7. The smallest absolute Gasteiger partial charge is 0.425 e. The Labute approximate surface area is 357 Å². The van der Waals surface area contributed by atoms with Crippen molar-refractivity contribution >= 4 is 40.2 Å². The second-order valence-corrected chi connectivity index (χ2v) is 18.0. The molecule has 1 fully saturated rings. The van der Waals surface area contributed by atoms with Crippen LogP contribution >= 0.6 is 11.3 Å². The Morgan fingerprint density at radius 1 is 0.797 bits per heavy atom. The van der Waals surface area contributed by atoms with Crippen LogP contribution in [0, 0.1) is 6.92 Å². The normalized spacial score (nSPS) is 13.9. The predicted octanol–water partition coefficient (Wildman–Crippen LogP) is 11.3. The molecule has 3 heterocycles. The number of carbonyl (C=O) groups excluding carboxylic acids is 2. The molecule has 5 rings (SSSR count). The number of nitrogens with zero attached hydrogens (tertiary/aromatic N) is 6. The zero-order valence-electron chi connectivity index (χ0n) is 38.4. The van der Waals surface area contributed by atoms with Crippen LogP contribution in [-0.4, -0.2) is 87.0 Å². The van der Waals surface area contributed by atoms with Crippen molar-refractivity contribution in [2.75, 3.05) is 43.4 Å². The molecule has 0 saturated carbocycles. The summed E-state index contributed by atoms with van der Waals surface area (Å²) in [5.41, 5.74) is 2.29. The molecule has 0 radical (unpaired) electrons. The first-order chi connectivity index (χ1) is 27.6. The maximum absolute atomic E-state index is 13.2. The number of anilines is 3. The fraction of sp³-hybridized carbons (Fsp3) is 0.543. The van der Waals surface area contributed by atoms with Crippen LogP contribution in [0.15, 0.2) is 60.1 Å². The van der Waals surface area contributed by atoms with Crippen molar-refractivity contribution in [3.63, 3.8) is 0 Å². The maximum atomic E-state index is 13.2. The molecule has 4 aromatic rings. The van der Waals surface area contributed by atoms with Crippen molar-refractivity contribution < 1.29 is 23.8 Å². The van der Waals surface area contributed by atoms with Crippen molar-refractivity contribution in [1.82, 2.24) is 24.8 Å². The van der Waals surface area contributed by atoms with Gasteiger partial charge in [0, 0.05) is 67.5 Å². The molecule has 1 saturated heterocycles. The quantitative estimate of drug-likeness (QED) is 0.164. The number of nitrogens with one attached hydrogen (secondary N) is 1. The van der Waals surface area contributed by atoms with Gasteiger partial charge in [-0.2, -0.15) is 4.90 Å². The van der Waals surface area contributed by atoms with Crippen LogP contribution in [0.2, 0.25) is 0 Å². The van der Waals surface area contributed by atoms with Crippen LogP contribution < -0.4 is 15.0 Å². The zero-order chi connectivity index (χ0) is 44.3. The number of aromatic nitrogens is 3. The SMILES string of the molecule is CC.CC.Cc1ccc(OC(C)(C)C(C)(C)c2ccc(CN3CCN(C)CC3)cc2)cc1Nc1nc(-c2nccc(N(C(=O)OC(C)(C)C)C(=O)OC(C)(C)C)n2)cs1. The van der Waals surface area contributed by atoms with Gasteiger partial charge in [-0.25, -0.2) is 24.5 Å². The number of rotatable bonds is 10. The number of benzene rings is 2. The van der Waals surface area contributed by atoms with Crippen LogP contribution in [0.5, 0.6) is 5.75 Å². The largest absolute Gasteiger partial charge is 0.487 e. The number of aryl methyl sites for hydroxylation is 1. The minimum atomic E-state index is -0.911. The molecule has 1 N–H and O–H groups in total. The van der Waals surface area contributed by atoms with Crippen LogP contribution in [0.4, 0.5) is 26.2 Å². The maximum Gasteiger partial charge on any atom is 0.425 e. The summed E-state index contributed by atoms with van der Waals surface area (Å²) in [6, 6.07) is 16.4. The highest BCUT2D eigenvalue weighted by molar-refractivity contribution is 7.14. The molecule has 1 aliphatic heterocycles. The third kappa shape index (κ3) is 13.7. The summed E-state index contributed by atoms with van der Waals surface area (Å²) in [6.45, 7) is 34.4. The van der Waals surface area contributed by atoms with E-state index in [4.69, 9.17) is 19.2 Å². The number of piperazine rings is 1. The standard InChI is InChI=1S/C42H57N7O5S.2C2H6/c1-28-13-18-31(52-42(10,11)41(8,9)30-16-14-29(15-17-30)26-48-23-21-47(12)22-24-48)25-32(28)44-36-45-33(27-55-36)35-43-20-19-34(46-35)49(37(50)53-39(2,3)4)38(51)54-40(5,6)7;2*1-2/h13-20,25,27H,21-24,26H2,1-12H3,(H,44,45);2*1-2H3. The summed E-state index contributed by atoms with van der Waals surface area (Å²) in [5, 5.41) is 5.85. The first kappa shape index (κ1) is 48.8. The van der Waals surface area contributed by atoms with Gasteiger partial charge in [0.25, 0.3) is 0 Å². The Morgan fingerprint density at radius 2 is 1.37 bits per heavy atom. The monoisotopic (exact) mass is 832 g/mol. The average Bonchev–Trinajstić information content (AvgIpc) is 3.63. The van der Waals surface area contributed by atoms with Crippen molar-refractivity contribution in [3.05, 3.63) is 76.8 Å². The molecule has 0 aliphatic carbocycles. The van der Waals surface area contributed by atoms with E-state index in [2.05, 4.69) is 84.1 Å². The first-order valence-electron chi connectivity index (χ1n) is 20.7. The summed E-state index contributed by atoms with van der Waals surface area (Å²) in [6.07, 6.45) is -0.361. The molecule has 0 unspecified atom stereocenters. The van der Waals surface area contributed by atoms with E-state index in [9.17, 15) is 9.59 Å². The summed E-state index contributed by atoms with van der Waals surface area (Å²) >= 11 is 1.38. The fourth-order valence-electron chi connectivity index (χ4n) is 5.88. The molecule has 324 valence electrons. The second-order valence-electron chi connectivity index (χ2n) is 17.2. The number of hydrogen-bond donors (Lipinski definition) is 1. The number of carbonyl (C=O) groups is 2. The predicted molar refractivity (Wildman–Crippen MR) is 242 cm³/mol. The van der Waals surface area contributed by atoms with E-state index in [1.165, 1.54) is 34.7 Å². The van der Waals surface area contributed by atoms with Gasteiger partial charge in [-0.05, 0) is 92.1 Å². The van der Waals surface area contributed by atoms with E-state index in [0.29, 0.717) is 10.8 Å². The van der Waals surface area contributed by atoms with E-state index in [-0.39, 0.29) is 17.1 Å². The lowest BCUT2D eigenvalue weighted by Gasteiger charge is -2.42. The van der Waals surface area contributed by atoms with Gasteiger partial charge >= 0.3 is 12.2 Å². The topological polar surface area (TPSA) is 122 Å². The van der Waals surface area contributed by atoms with Crippen LogP contribution in [0.3, 0.4) is 0 Å². The van der Waals surface area contributed by atoms with Crippen molar-refractivity contribution in [3.8, 4) is 17.3 Å². The zero-order valence-corrected chi connectivity index (χ0v) is 39.3. The van der Waals surface area contributed by atoms with E-state index < -0.39 is 29.0 Å². The Morgan fingerprint density at radius 3 is 1.93 bits per heavy atom. The second kappa shape index (κ2) is 20.6. The van der Waals surface area contributed by atoms with Gasteiger partial charge in [-0.15, -0.1) is 11.3 Å². The summed E-state index contributed by atoms with van der Waals surface area (Å²) < 4.78 is 17.8. The van der Waals surface area contributed by atoms with E-state index in [1.807, 2.05) is 58.2 Å². The molecule has 0 atom stereocenters. The van der Waals surface area contributed by atoms with Gasteiger partial charge in [-0.3, -0.25) is 4.90 Å². The molecule has 2 aromatic heterocycles. The van der Waals surface area contributed by atoms with Gasteiger partial charge in [-0.1, -0.05) is 71.9 Å². The molecular weight excluding hydrogens is 763 g/mol. The Bertz CT molecular complexity index is 1930. The van der Waals surface area contributed by atoms with Gasteiger partial charge in [0.15, 0.2) is 16.8 Å². The highest BCUT2D eigenvalue weighted by atomic mass is 32.1. The molecule has 2 amide bonds. The van der Waals surface area contributed by atoms with Gasteiger partial charge in [0.05, 0.1) is 0 Å². The van der Waals surface area contributed by atoms with Crippen molar-refractivity contribution in [1.29, 1.82) is 0 Å². The molecule has 2 aromatic carbocycles. The van der Waals surface area contributed by atoms with Gasteiger partial charge < -0.3 is 24.4 Å². The minimum absolute atomic E-state index is 0.00356. The molecule has 12 nitrogen and oxygen atoms in total. The van der Waals surface area contributed by atoms with Gasteiger partial charge in [0.2, 0.25) is 0 Å². The third-order valence-electron chi connectivity index (χ3n) is 9.76. The number of amides is 2. The molecule has 59 heavy (non-hydrogen) atoms. The number of ether oxygens (including phenoxy) is 3. The Kier molecular flexibility index (Phi) is 17.0. The lowest BCUT2D eigenvalue weighted by Crippen LogP contribution is -2.47. The number of imide groups is 1. The fourth-order valence-corrected chi connectivity index (χ4v) is 6.58. The average molecular weight is 832 g/mol. The van der Waals surface area contributed by atoms with Crippen molar-refractivity contribution in [2.24, 2.45) is 0 Å².